The van der Waals surface area contributed by atoms with Crippen LogP contribution in [0, 0.1) is 6.92 Å². The summed E-state index contributed by atoms with van der Waals surface area (Å²) < 4.78 is 1.01. The highest BCUT2D eigenvalue weighted by molar-refractivity contribution is 9.10. The van der Waals surface area contributed by atoms with Crippen LogP contribution >= 0.6 is 15.9 Å². The van der Waals surface area contributed by atoms with Crippen LogP contribution in [0.4, 0.5) is 0 Å². The van der Waals surface area contributed by atoms with Gasteiger partial charge >= 0.3 is 0 Å². The van der Waals surface area contributed by atoms with E-state index >= 15 is 0 Å². The maximum atomic E-state index is 4.19. The molecule has 0 unspecified atom stereocenters. The second-order valence-corrected chi connectivity index (χ2v) is 3.54. The number of hydrogen-bond acceptors (Lipinski definition) is 2. The zero-order chi connectivity index (χ0) is 9.26. The molecule has 0 saturated heterocycles. The monoisotopic (exact) mass is 237 g/mol. The second kappa shape index (κ2) is 3.30. The SMILES string of the molecule is Cc1[nH]nc(-c2ccncc2)c1Br. The van der Waals surface area contributed by atoms with E-state index in [-0.39, 0.29) is 0 Å². The molecule has 2 aromatic rings. The summed E-state index contributed by atoms with van der Waals surface area (Å²) in [5, 5.41) is 7.10. The van der Waals surface area contributed by atoms with Crippen LogP contribution in [-0.2, 0) is 0 Å². The average molecular weight is 238 g/mol. The lowest BCUT2D eigenvalue weighted by Gasteiger charge is -1.95. The normalized spacial score (nSPS) is 10.3. The van der Waals surface area contributed by atoms with E-state index in [4.69, 9.17) is 0 Å². The number of nitrogens with zero attached hydrogens (tertiary/aromatic N) is 2. The number of H-pyrrole nitrogens is 1. The molecule has 0 aromatic carbocycles. The molecule has 0 aliphatic carbocycles. The molecule has 0 atom stereocenters. The summed E-state index contributed by atoms with van der Waals surface area (Å²) in [6, 6.07) is 3.86. The maximum absolute atomic E-state index is 4.19. The van der Waals surface area contributed by atoms with Crippen molar-refractivity contribution in [3.8, 4) is 11.3 Å². The lowest BCUT2D eigenvalue weighted by Crippen LogP contribution is -1.78. The molecule has 2 rings (SSSR count). The van der Waals surface area contributed by atoms with Crippen molar-refractivity contribution in [2.45, 2.75) is 6.92 Å². The van der Waals surface area contributed by atoms with Crippen LogP contribution in [0.25, 0.3) is 11.3 Å². The third kappa shape index (κ3) is 1.49. The summed E-state index contributed by atoms with van der Waals surface area (Å²) in [4.78, 5) is 3.95. The minimum Gasteiger partial charge on any atom is -0.281 e. The van der Waals surface area contributed by atoms with E-state index in [0.29, 0.717) is 0 Å². The zero-order valence-corrected chi connectivity index (χ0v) is 8.67. The molecule has 0 bridgehead atoms. The third-order valence-corrected chi connectivity index (χ3v) is 2.80. The van der Waals surface area contributed by atoms with Crippen LogP contribution in [0.5, 0.6) is 0 Å². The van der Waals surface area contributed by atoms with Gasteiger partial charge in [0.05, 0.1) is 4.47 Å². The van der Waals surface area contributed by atoms with Gasteiger partial charge in [-0.25, -0.2) is 0 Å². The average Bonchev–Trinajstić information content (AvgIpc) is 2.49. The number of aryl methyl sites for hydroxylation is 1. The number of pyridine rings is 1. The predicted molar refractivity (Wildman–Crippen MR) is 54.3 cm³/mol. The van der Waals surface area contributed by atoms with E-state index in [1.165, 1.54) is 0 Å². The number of halogens is 1. The van der Waals surface area contributed by atoms with Crippen molar-refractivity contribution in [3.05, 3.63) is 34.7 Å². The first-order chi connectivity index (χ1) is 6.29. The van der Waals surface area contributed by atoms with Crippen LogP contribution in [0.2, 0.25) is 0 Å². The highest BCUT2D eigenvalue weighted by Crippen LogP contribution is 2.27. The predicted octanol–water partition coefficient (Wildman–Crippen LogP) is 2.54. The van der Waals surface area contributed by atoms with Gasteiger partial charge in [0.25, 0.3) is 0 Å². The summed E-state index contributed by atoms with van der Waals surface area (Å²) in [6.45, 7) is 1.97. The van der Waals surface area contributed by atoms with Gasteiger partial charge in [-0.1, -0.05) is 0 Å². The molecule has 0 amide bonds. The Hall–Kier alpha value is -1.16. The fourth-order valence-corrected chi connectivity index (χ4v) is 1.52. The minimum atomic E-state index is 0.930. The molecule has 3 nitrogen and oxygen atoms in total. The first-order valence-electron chi connectivity index (χ1n) is 3.90. The Morgan fingerprint density at radius 2 is 2.00 bits per heavy atom. The summed E-state index contributed by atoms with van der Waals surface area (Å²) >= 11 is 3.47. The molecule has 0 aliphatic heterocycles. The Labute approximate surface area is 84.3 Å². The van der Waals surface area contributed by atoms with E-state index in [9.17, 15) is 0 Å². The number of hydrogen-bond donors (Lipinski definition) is 1. The van der Waals surface area contributed by atoms with E-state index in [0.717, 1.165) is 21.4 Å². The number of nitrogens with one attached hydrogen (secondary N) is 1. The molecule has 0 radical (unpaired) electrons. The van der Waals surface area contributed by atoms with Crippen molar-refractivity contribution < 1.29 is 0 Å². The summed E-state index contributed by atoms with van der Waals surface area (Å²) in [6.07, 6.45) is 3.51. The number of aromatic nitrogens is 3. The third-order valence-electron chi connectivity index (χ3n) is 1.83. The first-order valence-corrected chi connectivity index (χ1v) is 4.69. The topological polar surface area (TPSA) is 41.6 Å². The van der Waals surface area contributed by atoms with Crippen molar-refractivity contribution in [1.82, 2.24) is 15.2 Å². The maximum Gasteiger partial charge on any atom is 0.107 e. The van der Waals surface area contributed by atoms with Crippen molar-refractivity contribution in [2.75, 3.05) is 0 Å². The lowest BCUT2D eigenvalue weighted by molar-refractivity contribution is 1.05. The van der Waals surface area contributed by atoms with Crippen LogP contribution in [0.3, 0.4) is 0 Å². The molecule has 4 heteroatoms. The van der Waals surface area contributed by atoms with Crippen LogP contribution < -0.4 is 0 Å². The lowest BCUT2D eigenvalue weighted by atomic mass is 10.2. The zero-order valence-electron chi connectivity index (χ0n) is 7.08. The molecule has 2 aromatic heterocycles. The molecular weight excluding hydrogens is 230 g/mol. The van der Waals surface area contributed by atoms with Gasteiger partial charge in [-0.05, 0) is 35.0 Å². The standard InChI is InChI=1S/C9H8BrN3/c1-6-8(10)9(13-12-6)7-2-4-11-5-3-7/h2-5H,1H3,(H,12,13). The Morgan fingerprint density at radius 1 is 1.31 bits per heavy atom. The van der Waals surface area contributed by atoms with Gasteiger partial charge in [-0.2, -0.15) is 5.10 Å². The molecule has 66 valence electrons. The quantitative estimate of drug-likeness (QED) is 0.829. The van der Waals surface area contributed by atoms with E-state index in [1.807, 2.05) is 19.1 Å². The Kier molecular flexibility index (Phi) is 2.14. The van der Waals surface area contributed by atoms with Crippen molar-refractivity contribution >= 4 is 15.9 Å². The van der Waals surface area contributed by atoms with Gasteiger partial charge in [0.1, 0.15) is 5.69 Å². The van der Waals surface area contributed by atoms with Crippen LogP contribution in [0.1, 0.15) is 5.69 Å². The largest absolute Gasteiger partial charge is 0.281 e. The van der Waals surface area contributed by atoms with Gasteiger partial charge < -0.3 is 0 Å². The summed E-state index contributed by atoms with van der Waals surface area (Å²) in [7, 11) is 0. The van der Waals surface area contributed by atoms with Gasteiger partial charge in [-0.3, -0.25) is 10.1 Å². The van der Waals surface area contributed by atoms with Gasteiger partial charge in [0.15, 0.2) is 0 Å². The summed E-state index contributed by atoms with van der Waals surface area (Å²) in [5.74, 6) is 0. The van der Waals surface area contributed by atoms with E-state index in [2.05, 4.69) is 31.1 Å². The Balaban J connectivity index is 2.53. The molecule has 0 fully saturated rings. The molecule has 0 aliphatic rings. The smallest absolute Gasteiger partial charge is 0.107 e. The molecule has 1 N–H and O–H groups in total. The summed E-state index contributed by atoms with van der Waals surface area (Å²) in [5.41, 5.74) is 3.03. The molecule has 0 saturated carbocycles. The van der Waals surface area contributed by atoms with E-state index in [1.54, 1.807) is 12.4 Å². The fourth-order valence-electron chi connectivity index (χ4n) is 1.12. The molecule has 13 heavy (non-hydrogen) atoms. The Bertz CT molecular complexity index is 408. The number of rotatable bonds is 1. The molecular formula is C9H8BrN3. The Morgan fingerprint density at radius 3 is 2.54 bits per heavy atom. The van der Waals surface area contributed by atoms with Crippen molar-refractivity contribution in [1.29, 1.82) is 0 Å². The van der Waals surface area contributed by atoms with Crippen LogP contribution in [0.15, 0.2) is 29.0 Å². The fraction of sp³-hybridized carbons (Fsp3) is 0.111. The first kappa shape index (κ1) is 8.44. The van der Waals surface area contributed by atoms with Crippen molar-refractivity contribution in [3.63, 3.8) is 0 Å². The molecule has 2 heterocycles. The van der Waals surface area contributed by atoms with Gasteiger partial charge in [0.2, 0.25) is 0 Å². The van der Waals surface area contributed by atoms with Gasteiger partial charge in [-0.15, -0.1) is 0 Å². The molecule has 0 spiro atoms. The van der Waals surface area contributed by atoms with Crippen LogP contribution in [-0.4, -0.2) is 15.2 Å². The van der Waals surface area contributed by atoms with Crippen molar-refractivity contribution in [2.24, 2.45) is 0 Å². The highest BCUT2D eigenvalue weighted by Gasteiger charge is 2.08. The van der Waals surface area contributed by atoms with Gasteiger partial charge in [0, 0.05) is 23.7 Å². The van der Waals surface area contributed by atoms with E-state index < -0.39 is 0 Å². The highest BCUT2D eigenvalue weighted by atomic mass is 79.9. The second-order valence-electron chi connectivity index (χ2n) is 2.75. The number of aromatic amines is 1. The minimum absolute atomic E-state index is 0.930.